The quantitative estimate of drug-likeness (QED) is 0.430. The second-order valence-electron chi connectivity index (χ2n) is 6.28. The van der Waals surface area contributed by atoms with E-state index in [9.17, 15) is 9.18 Å². The molecule has 1 N–H and O–H groups in total. The molecule has 0 aliphatic rings. The van der Waals surface area contributed by atoms with Crippen LogP contribution < -0.4 is 0 Å². The summed E-state index contributed by atoms with van der Waals surface area (Å²) in [6.07, 6.45) is 2.52. The van der Waals surface area contributed by atoms with Gasteiger partial charge in [0.05, 0.1) is 22.3 Å². The van der Waals surface area contributed by atoms with E-state index in [4.69, 9.17) is 4.52 Å². The summed E-state index contributed by atoms with van der Waals surface area (Å²) in [5, 5.41) is 12.5. The average molecular weight is 377 g/mol. The monoisotopic (exact) mass is 377 g/mol. The van der Waals surface area contributed by atoms with Crippen molar-refractivity contribution in [3.63, 3.8) is 0 Å². The molecule has 0 unspecified atom stereocenters. The number of nitrogens with one attached hydrogen (secondary N) is 1. The zero-order valence-corrected chi connectivity index (χ0v) is 14.9. The highest BCUT2D eigenvalue weighted by Gasteiger charge is 2.19. The minimum atomic E-state index is -0.378. The van der Waals surface area contributed by atoms with Gasteiger partial charge >= 0.3 is 0 Å². The van der Waals surface area contributed by atoms with E-state index in [1.54, 1.807) is 25.3 Å². The average Bonchev–Trinajstić information content (AvgIpc) is 3.39. The fourth-order valence-corrected chi connectivity index (χ4v) is 4.25. The number of nitrogens with zero attached hydrogens (tertiary/aromatic N) is 2. The van der Waals surface area contributed by atoms with Crippen LogP contribution in [-0.2, 0) is 0 Å². The van der Waals surface area contributed by atoms with Gasteiger partial charge in [0.25, 0.3) is 0 Å². The number of carbonyl (C=O) groups excluding carboxylic acids is 1. The third kappa shape index (κ3) is 2.47. The number of aryl methyl sites for hydroxylation is 1. The Morgan fingerprint density at radius 3 is 2.93 bits per heavy atom. The molecule has 27 heavy (non-hydrogen) atoms. The van der Waals surface area contributed by atoms with Gasteiger partial charge in [-0.3, -0.25) is 9.89 Å². The van der Waals surface area contributed by atoms with Crippen LogP contribution in [0, 0.1) is 12.7 Å². The Balaban J connectivity index is 1.76. The highest BCUT2D eigenvalue weighted by Crippen LogP contribution is 2.42. The van der Waals surface area contributed by atoms with Crippen molar-refractivity contribution in [2.75, 3.05) is 0 Å². The lowest BCUT2D eigenvalue weighted by Gasteiger charge is -2.06. The molecule has 0 fully saturated rings. The SMILES string of the molecule is Cc1noc2cc(-c3sc(C=O)cc3-c3ccc4cn[nH]c4c3)c(F)cc12. The molecule has 0 bridgehead atoms. The van der Waals surface area contributed by atoms with Crippen molar-refractivity contribution in [2.45, 2.75) is 6.92 Å². The van der Waals surface area contributed by atoms with Crippen LogP contribution in [0.1, 0.15) is 15.4 Å². The van der Waals surface area contributed by atoms with E-state index in [1.807, 2.05) is 18.2 Å². The third-order valence-corrected chi connectivity index (χ3v) is 5.70. The molecule has 0 aliphatic heterocycles. The number of aromatic nitrogens is 3. The van der Waals surface area contributed by atoms with Crippen molar-refractivity contribution >= 4 is 39.5 Å². The second-order valence-corrected chi connectivity index (χ2v) is 7.36. The van der Waals surface area contributed by atoms with Crippen molar-refractivity contribution in [3.05, 3.63) is 59.0 Å². The van der Waals surface area contributed by atoms with Gasteiger partial charge in [-0.15, -0.1) is 11.3 Å². The number of hydrogen-bond acceptors (Lipinski definition) is 5. The van der Waals surface area contributed by atoms with Crippen LogP contribution in [0.15, 0.2) is 47.1 Å². The van der Waals surface area contributed by atoms with Gasteiger partial charge in [0.2, 0.25) is 0 Å². The number of carbonyl (C=O) groups is 1. The van der Waals surface area contributed by atoms with Crippen molar-refractivity contribution in [3.8, 4) is 21.6 Å². The normalized spacial score (nSPS) is 11.5. The molecule has 0 radical (unpaired) electrons. The summed E-state index contributed by atoms with van der Waals surface area (Å²) in [5.41, 5.74) is 4.07. The summed E-state index contributed by atoms with van der Waals surface area (Å²) < 4.78 is 20.2. The number of aromatic amines is 1. The van der Waals surface area contributed by atoms with E-state index in [0.29, 0.717) is 32.0 Å². The minimum absolute atomic E-state index is 0.378. The molecule has 2 aromatic carbocycles. The molecule has 0 saturated carbocycles. The van der Waals surface area contributed by atoms with Gasteiger partial charge in [0.1, 0.15) is 5.82 Å². The molecule has 0 amide bonds. The number of H-pyrrole nitrogens is 1. The summed E-state index contributed by atoms with van der Waals surface area (Å²) in [5.74, 6) is -0.378. The van der Waals surface area contributed by atoms with Gasteiger partial charge in [0, 0.05) is 26.8 Å². The molecule has 5 aromatic rings. The molecule has 5 nitrogen and oxygen atoms in total. The van der Waals surface area contributed by atoms with E-state index >= 15 is 0 Å². The lowest BCUT2D eigenvalue weighted by Crippen LogP contribution is -1.85. The number of benzene rings is 2. The number of aldehydes is 1. The first kappa shape index (κ1) is 15.9. The number of hydrogen-bond donors (Lipinski definition) is 1. The summed E-state index contributed by atoms with van der Waals surface area (Å²) in [7, 11) is 0. The highest BCUT2D eigenvalue weighted by atomic mass is 32.1. The van der Waals surface area contributed by atoms with Gasteiger partial charge in [-0.2, -0.15) is 5.10 Å². The van der Waals surface area contributed by atoms with Crippen molar-refractivity contribution < 1.29 is 13.7 Å². The lowest BCUT2D eigenvalue weighted by molar-refractivity contribution is 0.112. The Morgan fingerprint density at radius 2 is 2.07 bits per heavy atom. The topological polar surface area (TPSA) is 71.8 Å². The van der Waals surface area contributed by atoms with Crippen LogP contribution in [0.4, 0.5) is 4.39 Å². The molecular formula is C20H12FN3O2S. The van der Waals surface area contributed by atoms with E-state index in [0.717, 1.165) is 28.3 Å². The third-order valence-electron chi connectivity index (χ3n) is 4.60. The fourth-order valence-electron chi connectivity index (χ4n) is 3.24. The van der Waals surface area contributed by atoms with Crippen molar-refractivity contribution in [2.24, 2.45) is 0 Å². The lowest BCUT2D eigenvalue weighted by atomic mass is 10.0. The molecule has 0 spiro atoms. The van der Waals surface area contributed by atoms with Gasteiger partial charge < -0.3 is 4.52 Å². The zero-order valence-electron chi connectivity index (χ0n) is 14.1. The Kier molecular flexibility index (Phi) is 3.45. The summed E-state index contributed by atoms with van der Waals surface area (Å²) >= 11 is 1.25. The highest BCUT2D eigenvalue weighted by molar-refractivity contribution is 7.17. The Labute approximate surface area is 156 Å². The van der Waals surface area contributed by atoms with Crippen molar-refractivity contribution in [1.29, 1.82) is 0 Å². The van der Waals surface area contributed by atoms with Gasteiger partial charge in [-0.25, -0.2) is 4.39 Å². The largest absolute Gasteiger partial charge is 0.356 e. The summed E-state index contributed by atoms with van der Waals surface area (Å²) in [6.45, 7) is 1.77. The molecule has 3 aromatic heterocycles. The molecule has 132 valence electrons. The molecule has 0 saturated heterocycles. The number of thiophene rings is 1. The second kappa shape index (κ2) is 5.85. The number of halogens is 1. The van der Waals surface area contributed by atoms with Gasteiger partial charge in [-0.05, 0) is 36.8 Å². The first-order valence-corrected chi connectivity index (χ1v) is 9.04. The van der Waals surface area contributed by atoms with E-state index in [2.05, 4.69) is 15.4 Å². The number of fused-ring (bicyclic) bond motifs is 2. The molecule has 5 rings (SSSR count). The fraction of sp³-hybridized carbons (Fsp3) is 0.0500. The Morgan fingerprint density at radius 1 is 1.19 bits per heavy atom. The van der Waals surface area contributed by atoms with E-state index < -0.39 is 0 Å². The van der Waals surface area contributed by atoms with E-state index in [-0.39, 0.29) is 5.82 Å². The molecule has 3 heterocycles. The van der Waals surface area contributed by atoms with Crippen LogP contribution in [0.5, 0.6) is 0 Å². The Bertz CT molecular complexity index is 1330. The summed E-state index contributed by atoms with van der Waals surface area (Å²) in [6, 6.07) is 10.7. The van der Waals surface area contributed by atoms with Crippen LogP contribution >= 0.6 is 11.3 Å². The number of rotatable bonds is 3. The van der Waals surface area contributed by atoms with Crippen LogP contribution in [0.25, 0.3) is 43.4 Å². The van der Waals surface area contributed by atoms with Gasteiger partial charge in [0.15, 0.2) is 11.9 Å². The van der Waals surface area contributed by atoms with Crippen LogP contribution in [-0.4, -0.2) is 21.6 Å². The maximum absolute atomic E-state index is 14.9. The predicted octanol–water partition coefficient (Wildman–Crippen LogP) is 5.36. The van der Waals surface area contributed by atoms with Gasteiger partial charge in [-0.1, -0.05) is 17.3 Å². The van der Waals surface area contributed by atoms with Crippen LogP contribution in [0.2, 0.25) is 0 Å². The molecule has 0 aliphatic carbocycles. The maximum Gasteiger partial charge on any atom is 0.167 e. The zero-order chi connectivity index (χ0) is 18.5. The minimum Gasteiger partial charge on any atom is -0.356 e. The van der Waals surface area contributed by atoms with Crippen LogP contribution in [0.3, 0.4) is 0 Å². The first-order chi connectivity index (χ1) is 13.1. The molecule has 0 atom stereocenters. The standard InChI is InChI=1S/C20H12FN3O2S/c1-10-14-6-17(21)16(7-19(14)26-24-10)20-15(5-13(9-25)27-20)11-2-3-12-8-22-23-18(12)4-11/h2-9H,1H3,(H,22,23). The first-order valence-electron chi connectivity index (χ1n) is 8.22. The summed E-state index contributed by atoms with van der Waals surface area (Å²) in [4.78, 5) is 12.6. The predicted molar refractivity (Wildman–Crippen MR) is 102 cm³/mol. The molecular weight excluding hydrogens is 365 g/mol. The smallest absolute Gasteiger partial charge is 0.167 e. The maximum atomic E-state index is 14.9. The Hall–Kier alpha value is -3.32. The van der Waals surface area contributed by atoms with E-state index in [1.165, 1.54) is 17.4 Å². The molecule has 7 heteroatoms. The van der Waals surface area contributed by atoms with Crippen molar-refractivity contribution in [1.82, 2.24) is 15.4 Å².